The van der Waals surface area contributed by atoms with Crippen LogP contribution in [0.4, 0.5) is 22.7 Å². The molecule has 10 heteroatoms. The summed E-state index contributed by atoms with van der Waals surface area (Å²) in [5.74, 6) is -2.18. The highest BCUT2D eigenvalue weighted by Crippen LogP contribution is 2.32. The van der Waals surface area contributed by atoms with E-state index in [9.17, 15) is 19.2 Å². The summed E-state index contributed by atoms with van der Waals surface area (Å²) in [7, 11) is 0. The lowest BCUT2D eigenvalue weighted by molar-refractivity contribution is -0.118. The molecule has 4 aromatic rings. The normalized spacial score (nSPS) is 14.9. The third kappa shape index (κ3) is 5.27. The van der Waals surface area contributed by atoms with Gasteiger partial charge in [0.15, 0.2) is 0 Å². The fourth-order valence-corrected chi connectivity index (χ4v) is 4.79. The molecule has 2 aliphatic heterocycles. The van der Waals surface area contributed by atoms with E-state index < -0.39 is 23.6 Å². The SMILES string of the molecule is O=C1C(=COCCOC=C2C(=O)N(c3ccccc3)N(c3ccccc3)C2=O)C(=O)N(c2ccccc2)N1c1ccccc1. The van der Waals surface area contributed by atoms with Gasteiger partial charge in [-0.05, 0) is 48.5 Å². The summed E-state index contributed by atoms with van der Waals surface area (Å²) in [5, 5.41) is 5.17. The van der Waals surface area contributed by atoms with E-state index in [0.29, 0.717) is 22.7 Å². The second kappa shape index (κ2) is 12.4. The van der Waals surface area contributed by atoms with Crippen LogP contribution in [0.25, 0.3) is 0 Å². The fourth-order valence-electron chi connectivity index (χ4n) is 4.79. The Bertz CT molecular complexity index is 1490. The number of hydrazine groups is 2. The van der Waals surface area contributed by atoms with Crippen LogP contribution in [0.2, 0.25) is 0 Å². The second-order valence-corrected chi connectivity index (χ2v) is 9.61. The molecule has 4 amide bonds. The first-order valence-electron chi connectivity index (χ1n) is 13.8. The maximum atomic E-state index is 13.4. The van der Waals surface area contributed by atoms with Crippen LogP contribution in [-0.2, 0) is 28.7 Å². The standard InChI is InChI=1S/C34H26N4O6/c39-31-29(32(40)36(26-15-7-2-8-16-26)35(31)25-13-5-1-6-14-25)23-43-21-22-44-24-30-33(41)37(27-17-9-3-10-18-27)38(34(30)42)28-19-11-4-12-20-28/h1-20,23-24H,21-22H2. The molecule has 4 aromatic carbocycles. The Balaban J connectivity index is 1.15. The highest BCUT2D eigenvalue weighted by Gasteiger charge is 2.44. The van der Waals surface area contributed by atoms with Gasteiger partial charge in [0, 0.05) is 0 Å². The van der Waals surface area contributed by atoms with Crippen LogP contribution in [-0.4, -0.2) is 36.8 Å². The number of anilines is 4. The van der Waals surface area contributed by atoms with Gasteiger partial charge in [0.2, 0.25) is 0 Å². The maximum absolute atomic E-state index is 13.4. The maximum Gasteiger partial charge on any atom is 0.286 e. The van der Waals surface area contributed by atoms with Gasteiger partial charge in [0.05, 0.1) is 22.7 Å². The summed E-state index contributed by atoms with van der Waals surface area (Å²) >= 11 is 0. The Morgan fingerprint density at radius 1 is 0.386 bits per heavy atom. The number of hydrogen-bond acceptors (Lipinski definition) is 6. The molecule has 0 spiro atoms. The molecule has 2 fully saturated rings. The Kier molecular flexibility index (Phi) is 7.87. The van der Waals surface area contributed by atoms with Gasteiger partial charge >= 0.3 is 0 Å². The van der Waals surface area contributed by atoms with Crippen molar-refractivity contribution in [3.8, 4) is 0 Å². The van der Waals surface area contributed by atoms with E-state index in [1.165, 1.54) is 20.0 Å². The number of amides is 4. The molecule has 0 aliphatic carbocycles. The van der Waals surface area contributed by atoms with Crippen LogP contribution in [0.1, 0.15) is 0 Å². The van der Waals surface area contributed by atoms with Crippen molar-refractivity contribution in [2.45, 2.75) is 0 Å². The molecular formula is C34H26N4O6. The zero-order valence-electron chi connectivity index (χ0n) is 23.4. The molecule has 10 nitrogen and oxygen atoms in total. The van der Waals surface area contributed by atoms with Gasteiger partial charge in [0.1, 0.15) is 36.9 Å². The van der Waals surface area contributed by atoms with Crippen molar-refractivity contribution in [2.24, 2.45) is 0 Å². The number of carbonyl (C=O) groups excluding carboxylic acids is 4. The average molecular weight is 587 g/mol. The lowest BCUT2D eigenvalue weighted by Gasteiger charge is -2.27. The summed E-state index contributed by atoms with van der Waals surface area (Å²) in [4.78, 5) is 53.4. The van der Waals surface area contributed by atoms with Crippen molar-refractivity contribution in [3.05, 3.63) is 145 Å². The van der Waals surface area contributed by atoms with Crippen LogP contribution in [0, 0.1) is 0 Å². The number of nitrogens with zero attached hydrogens (tertiary/aromatic N) is 4. The highest BCUT2D eigenvalue weighted by atomic mass is 16.5. The summed E-state index contributed by atoms with van der Waals surface area (Å²) in [6.07, 6.45) is 2.22. The van der Waals surface area contributed by atoms with Crippen molar-refractivity contribution in [2.75, 3.05) is 33.2 Å². The molecule has 0 N–H and O–H groups in total. The van der Waals surface area contributed by atoms with Gasteiger partial charge in [0.25, 0.3) is 23.6 Å². The van der Waals surface area contributed by atoms with Gasteiger partial charge < -0.3 is 9.47 Å². The van der Waals surface area contributed by atoms with Crippen molar-refractivity contribution < 1.29 is 28.7 Å². The third-order valence-electron chi connectivity index (χ3n) is 6.82. The lowest BCUT2D eigenvalue weighted by atomic mass is 10.2. The summed E-state index contributed by atoms with van der Waals surface area (Å²) in [6.45, 7) is -0.116. The van der Waals surface area contributed by atoms with Crippen LogP contribution in [0.5, 0.6) is 0 Å². The number of ether oxygens (including phenoxy) is 2. The van der Waals surface area contributed by atoms with E-state index in [0.717, 1.165) is 12.5 Å². The minimum absolute atomic E-state index is 0.0578. The number of hydrogen-bond donors (Lipinski definition) is 0. The largest absolute Gasteiger partial charge is 0.497 e. The molecule has 0 bridgehead atoms. The Labute approximate surface area is 253 Å². The number of carbonyl (C=O) groups is 4. The monoisotopic (exact) mass is 586 g/mol. The average Bonchev–Trinajstić information content (AvgIpc) is 3.47. The first kappa shape index (κ1) is 28.0. The summed E-state index contributed by atoms with van der Waals surface area (Å²) < 4.78 is 11.0. The predicted molar refractivity (Wildman–Crippen MR) is 164 cm³/mol. The van der Waals surface area contributed by atoms with E-state index >= 15 is 0 Å². The van der Waals surface area contributed by atoms with Crippen molar-refractivity contribution in [3.63, 3.8) is 0 Å². The highest BCUT2D eigenvalue weighted by molar-refractivity contribution is 6.36. The predicted octanol–water partition coefficient (Wildman–Crippen LogP) is 4.78. The Hall–Kier alpha value is -6.16. The first-order chi connectivity index (χ1) is 21.6. The van der Waals surface area contributed by atoms with Crippen LogP contribution in [0.15, 0.2) is 145 Å². The Morgan fingerprint density at radius 2 is 0.614 bits per heavy atom. The molecule has 2 heterocycles. The molecule has 0 saturated carbocycles. The number of rotatable bonds is 9. The van der Waals surface area contributed by atoms with Gasteiger partial charge in [-0.15, -0.1) is 0 Å². The van der Waals surface area contributed by atoms with Crippen LogP contribution >= 0.6 is 0 Å². The minimum atomic E-state index is -0.544. The number of benzene rings is 4. The van der Waals surface area contributed by atoms with Crippen molar-refractivity contribution in [1.82, 2.24) is 0 Å². The van der Waals surface area contributed by atoms with Gasteiger partial charge in [-0.2, -0.15) is 0 Å². The molecule has 218 valence electrons. The first-order valence-corrected chi connectivity index (χ1v) is 13.8. The van der Waals surface area contributed by atoms with E-state index in [2.05, 4.69) is 0 Å². The van der Waals surface area contributed by atoms with E-state index in [1.807, 2.05) is 24.3 Å². The zero-order valence-corrected chi connectivity index (χ0v) is 23.4. The molecular weight excluding hydrogens is 560 g/mol. The van der Waals surface area contributed by atoms with Gasteiger partial charge in [-0.1, -0.05) is 72.8 Å². The van der Waals surface area contributed by atoms with Crippen molar-refractivity contribution in [1.29, 1.82) is 0 Å². The van der Waals surface area contributed by atoms with Crippen LogP contribution in [0.3, 0.4) is 0 Å². The lowest BCUT2D eigenvalue weighted by Crippen LogP contribution is -2.41. The summed E-state index contributed by atoms with van der Waals surface area (Å²) in [6, 6.07) is 35.3. The van der Waals surface area contributed by atoms with E-state index in [1.54, 1.807) is 97.1 Å². The molecule has 2 aliphatic rings. The summed E-state index contributed by atoms with van der Waals surface area (Å²) in [5.41, 5.74) is 1.77. The molecule has 0 atom stereocenters. The van der Waals surface area contributed by atoms with Crippen molar-refractivity contribution >= 4 is 46.4 Å². The zero-order chi connectivity index (χ0) is 30.5. The minimum Gasteiger partial charge on any atom is -0.497 e. The number of para-hydroxylation sites is 4. The molecule has 0 aromatic heterocycles. The molecule has 0 unspecified atom stereocenters. The topological polar surface area (TPSA) is 99.7 Å². The third-order valence-corrected chi connectivity index (χ3v) is 6.82. The van der Waals surface area contributed by atoms with Crippen LogP contribution < -0.4 is 20.0 Å². The van der Waals surface area contributed by atoms with E-state index in [4.69, 9.17) is 9.47 Å². The molecule has 44 heavy (non-hydrogen) atoms. The molecule has 2 saturated heterocycles. The van der Waals surface area contributed by atoms with Gasteiger partial charge in [-0.25, -0.2) is 20.0 Å². The Morgan fingerprint density at radius 3 is 0.841 bits per heavy atom. The fraction of sp³-hybridized carbons (Fsp3) is 0.0588. The molecule has 6 rings (SSSR count). The second-order valence-electron chi connectivity index (χ2n) is 9.61. The van der Waals surface area contributed by atoms with E-state index in [-0.39, 0.29) is 24.4 Å². The van der Waals surface area contributed by atoms with Gasteiger partial charge in [-0.3, -0.25) is 19.2 Å². The smallest absolute Gasteiger partial charge is 0.286 e. The quantitative estimate of drug-likeness (QED) is 0.121. The molecule has 0 radical (unpaired) electrons.